The molecule has 0 radical (unpaired) electrons. The normalized spacial score (nSPS) is 10.8. The maximum atomic E-state index is 11.7. The highest BCUT2D eigenvalue weighted by Gasteiger charge is 2.12. The van der Waals surface area contributed by atoms with E-state index in [9.17, 15) is 9.59 Å². The monoisotopic (exact) mass is 298 g/mol. The molecule has 0 saturated carbocycles. The molecule has 0 amide bonds. The minimum Gasteiger partial charge on any atom is -0.461 e. The van der Waals surface area contributed by atoms with Gasteiger partial charge in [0.2, 0.25) is 0 Å². The van der Waals surface area contributed by atoms with Gasteiger partial charge in [0.25, 0.3) is 5.56 Å². The average Bonchev–Trinajstić information content (AvgIpc) is 2.93. The molecule has 112 valence electrons. The molecule has 0 bridgehead atoms. The molecule has 0 N–H and O–H groups in total. The molecule has 0 aromatic carbocycles. The number of rotatable bonds is 3. The van der Waals surface area contributed by atoms with Crippen LogP contribution < -0.4 is 5.56 Å². The van der Waals surface area contributed by atoms with Gasteiger partial charge in [0.05, 0.1) is 18.5 Å². The smallest absolute Gasteiger partial charge is 0.358 e. The minimum absolute atomic E-state index is 0.114. The van der Waals surface area contributed by atoms with Crippen molar-refractivity contribution in [1.82, 2.24) is 18.9 Å². The molecule has 0 atom stereocenters. The molecule has 0 unspecified atom stereocenters. The van der Waals surface area contributed by atoms with Crippen LogP contribution in [0.3, 0.4) is 0 Å². The molecule has 22 heavy (non-hydrogen) atoms. The Morgan fingerprint density at radius 2 is 2.18 bits per heavy atom. The Kier molecular flexibility index (Phi) is 3.46. The molecule has 0 aliphatic rings. The van der Waals surface area contributed by atoms with Crippen LogP contribution >= 0.6 is 0 Å². The summed E-state index contributed by atoms with van der Waals surface area (Å²) in [7, 11) is 1.68. The first-order chi connectivity index (χ1) is 10.6. The zero-order chi connectivity index (χ0) is 15.7. The van der Waals surface area contributed by atoms with E-state index in [4.69, 9.17) is 4.74 Å². The van der Waals surface area contributed by atoms with Crippen LogP contribution in [0.1, 0.15) is 17.4 Å². The summed E-state index contributed by atoms with van der Waals surface area (Å²) < 4.78 is 8.09. The van der Waals surface area contributed by atoms with Crippen LogP contribution in [0.2, 0.25) is 0 Å². The Labute approximate surface area is 125 Å². The third kappa shape index (κ3) is 2.48. The van der Waals surface area contributed by atoms with Gasteiger partial charge < -0.3 is 13.7 Å². The van der Waals surface area contributed by atoms with Gasteiger partial charge in [-0.05, 0) is 13.0 Å². The van der Waals surface area contributed by atoms with Crippen molar-refractivity contribution in [3.63, 3.8) is 0 Å². The van der Waals surface area contributed by atoms with Gasteiger partial charge in [0.15, 0.2) is 11.3 Å². The van der Waals surface area contributed by atoms with E-state index in [-0.39, 0.29) is 11.3 Å². The largest absolute Gasteiger partial charge is 0.461 e. The first-order valence-corrected chi connectivity index (χ1v) is 6.77. The van der Waals surface area contributed by atoms with E-state index in [1.54, 1.807) is 49.2 Å². The third-order valence-electron chi connectivity index (χ3n) is 3.23. The number of pyridine rings is 1. The number of hydrogen-bond acceptors (Lipinski definition) is 5. The van der Waals surface area contributed by atoms with Gasteiger partial charge in [-0.3, -0.25) is 9.78 Å². The Hall–Kier alpha value is -2.96. The van der Waals surface area contributed by atoms with Crippen molar-refractivity contribution < 1.29 is 9.53 Å². The summed E-state index contributed by atoms with van der Waals surface area (Å²) in [5.74, 6) is -0.471. The fraction of sp³-hybridized carbons (Fsp3) is 0.200. The fourth-order valence-electron chi connectivity index (χ4n) is 2.06. The number of esters is 1. The molecule has 0 aliphatic heterocycles. The predicted molar refractivity (Wildman–Crippen MR) is 79.6 cm³/mol. The Bertz CT molecular complexity index is 911. The second-order valence-electron chi connectivity index (χ2n) is 4.75. The van der Waals surface area contributed by atoms with Gasteiger partial charge in [-0.2, -0.15) is 0 Å². The number of imidazole rings is 1. The summed E-state index contributed by atoms with van der Waals surface area (Å²) in [6.07, 6.45) is 6.54. The highest BCUT2D eigenvalue weighted by atomic mass is 16.5. The Morgan fingerprint density at radius 1 is 1.36 bits per heavy atom. The van der Waals surface area contributed by atoms with Crippen molar-refractivity contribution in [3.05, 3.63) is 53.0 Å². The van der Waals surface area contributed by atoms with E-state index in [0.717, 1.165) is 0 Å². The molecule has 3 rings (SSSR count). The van der Waals surface area contributed by atoms with Gasteiger partial charge >= 0.3 is 5.97 Å². The average molecular weight is 298 g/mol. The molecule has 7 heteroatoms. The lowest BCUT2D eigenvalue weighted by Gasteiger charge is -2.02. The van der Waals surface area contributed by atoms with Crippen LogP contribution in [-0.2, 0) is 11.8 Å². The number of aromatic nitrogens is 4. The molecule has 3 aromatic rings. The first-order valence-electron chi connectivity index (χ1n) is 6.77. The van der Waals surface area contributed by atoms with Crippen molar-refractivity contribution in [1.29, 1.82) is 0 Å². The van der Waals surface area contributed by atoms with E-state index < -0.39 is 5.97 Å². The molecule has 7 nitrogen and oxygen atoms in total. The van der Waals surface area contributed by atoms with Crippen LogP contribution in [0.15, 0.2) is 41.7 Å². The van der Waals surface area contributed by atoms with Gasteiger partial charge in [-0.15, -0.1) is 0 Å². The number of ether oxygens (including phenoxy) is 1. The van der Waals surface area contributed by atoms with Crippen LogP contribution in [-0.4, -0.2) is 31.5 Å². The minimum atomic E-state index is -0.471. The fourth-order valence-corrected chi connectivity index (χ4v) is 2.06. The number of aryl methyl sites for hydroxylation is 1. The van der Waals surface area contributed by atoms with Crippen molar-refractivity contribution in [2.75, 3.05) is 6.61 Å². The molecular weight excluding hydrogens is 284 g/mol. The quantitative estimate of drug-likeness (QED) is 0.680. The number of carbonyl (C=O) groups is 1. The topological polar surface area (TPSA) is 78.5 Å². The molecule has 0 saturated heterocycles. The highest BCUT2D eigenvalue weighted by molar-refractivity contribution is 5.88. The summed E-state index contributed by atoms with van der Waals surface area (Å²) in [5, 5.41) is 0. The second kappa shape index (κ2) is 5.44. The summed E-state index contributed by atoms with van der Waals surface area (Å²) >= 11 is 0. The number of fused-ring (bicyclic) bond motifs is 1. The number of carbonyl (C=O) groups excluding carboxylic acids is 1. The van der Waals surface area contributed by atoms with Crippen molar-refractivity contribution >= 4 is 11.6 Å². The van der Waals surface area contributed by atoms with Crippen molar-refractivity contribution in [3.8, 4) is 11.3 Å². The van der Waals surface area contributed by atoms with E-state index in [2.05, 4.69) is 9.97 Å². The summed E-state index contributed by atoms with van der Waals surface area (Å²) in [6.45, 7) is 2.03. The standard InChI is InChI=1S/C15H14N4O3/c1-3-22-15(21)12-9-19-8-11(16-7-13(19)17-12)10-4-5-18(2)14(20)6-10/h4-9H,3H2,1-2H3. The number of hydrogen-bond donors (Lipinski definition) is 0. The van der Waals surface area contributed by atoms with E-state index in [1.165, 1.54) is 10.6 Å². The molecule has 0 spiro atoms. The molecule has 3 heterocycles. The molecule has 3 aromatic heterocycles. The van der Waals surface area contributed by atoms with E-state index in [1.807, 2.05) is 0 Å². The maximum absolute atomic E-state index is 11.7. The van der Waals surface area contributed by atoms with Gasteiger partial charge in [-0.25, -0.2) is 9.78 Å². The second-order valence-corrected chi connectivity index (χ2v) is 4.75. The van der Waals surface area contributed by atoms with Crippen LogP contribution in [0, 0.1) is 0 Å². The van der Waals surface area contributed by atoms with Gasteiger partial charge in [-0.1, -0.05) is 0 Å². The van der Waals surface area contributed by atoms with Crippen LogP contribution in [0.4, 0.5) is 0 Å². The summed E-state index contributed by atoms with van der Waals surface area (Å²) in [5.41, 5.74) is 1.98. The van der Waals surface area contributed by atoms with Crippen molar-refractivity contribution in [2.24, 2.45) is 7.05 Å². The molecular formula is C15H14N4O3. The van der Waals surface area contributed by atoms with Crippen LogP contribution in [0.25, 0.3) is 16.9 Å². The third-order valence-corrected chi connectivity index (χ3v) is 3.23. The van der Waals surface area contributed by atoms with Gasteiger partial charge in [0.1, 0.15) is 0 Å². The lowest BCUT2D eigenvalue weighted by Crippen LogP contribution is -2.14. The zero-order valence-electron chi connectivity index (χ0n) is 12.2. The number of nitrogens with zero attached hydrogens (tertiary/aromatic N) is 4. The first kappa shape index (κ1) is 14.0. The van der Waals surface area contributed by atoms with Crippen LogP contribution in [0.5, 0.6) is 0 Å². The van der Waals surface area contributed by atoms with E-state index >= 15 is 0 Å². The molecule has 0 fully saturated rings. The Balaban J connectivity index is 2.04. The lowest BCUT2D eigenvalue weighted by atomic mass is 10.2. The Morgan fingerprint density at radius 3 is 2.91 bits per heavy atom. The predicted octanol–water partition coefficient (Wildman–Crippen LogP) is 1.27. The van der Waals surface area contributed by atoms with Gasteiger partial charge in [0, 0.05) is 37.3 Å². The zero-order valence-corrected chi connectivity index (χ0v) is 12.2. The summed E-state index contributed by atoms with van der Waals surface area (Å²) in [4.78, 5) is 31.8. The highest BCUT2D eigenvalue weighted by Crippen LogP contribution is 2.16. The molecule has 0 aliphatic carbocycles. The maximum Gasteiger partial charge on any atom is 0.358 e. The lowest BCUT2D eigenvalue weighted by molar-refractivity contribution is 0.0520. The van der Waals surface area contributed by atoms with Crippen molar-refractivity contribution in [2.45, 2.75) is 6.92 Å². The summed E-state index contributed by atoms with van der Waals surface area (Å²) in [6, 6.07) is 3.32. The SMILES string of the molecule is CCOC(=O)c1cn2cc(-c3ccn(C)c(=O)c3)ncc2n1. The van der Waals surface area contributed by atoms with E-state index in [0.29, 0.717) is 23.5 Å².